The first-order valence-corrected chi connectivity index (χ1v) is 7.03. The van der Waals surface area contributed by atoms with Gasteiger partial charge in [0.05, 0.1) is 16.9 Å². The molecule has 0 aliphatic carbocycles. The maximum Gasteiger partial charge on any atom is 0.250 e. The van der Waals surface area contributed by atoms with Crippen molar-refractivity contribution < 1.29 is 4.79 Å². The second-order valence-corrected chi connectivity index (χ2v) is 5.19. The molecule has 2 rings (SSSR count). The molecular formula is C14H16BrN3O. The molecule has 1 amide bonds. The number of carbonyl (C=O) groups is 1. The minimum Gasteiger partial charge on any atom is -0.366 e. The molecule has 19 heavy (non-hydrogen) atoms. The maximum absolute atomic E-state index is 11.6. The molecule has 1 aromatic heterocycles. The molecule has 0 radical (unpaired) electrons. The van der Waals surface area contributed by atoms with Gasteiger partial charge >= 0.3 is 0 Å². The molecule has 2 aromatic rings. The lowest BCUT2D eigenvalue weighted by atomic mass is 10.1. The normalized spacial score (nSPS) is 10.7. The van der Waals surface area contributed by atoms with Gasteiger partial charge in [-0.15, -0.1) is 0 Å². The van der Waals surface area contributed by atoms with Gasteiger partial charge in [0.15, 0.2) is 0 Å². The zero-order chi connectivity index (χ0) is 14.0. The van der Waals surface area contributed by atoms with Gasteiger partial charge in [-0.1, -0.05) is 29.8 Å². The van der Waals surface area contributed by atoms with Gasteiger partial charge in [-0.2, -0.15) is 5.10 Å². The third-order valence-electron chi connectivity index (χ3n) is 3.01. The summed E-state index contributed by atoms with van der Waals surface area (Å²) in [5.41, 5.74) is 8.73. The summed E-state index contributed by atoms with van der Waals surface area (Å²) in [7, 11) is 0. The van der Waals surface area contributed by atoms with Crippen molar-refractivity contribution in [1.29, 1.82) is 0 Å². The van der Waals surface area contributed by atoms with Crippen molar-refractivity contribution in [3.8, 4) is 5.69 Å². The van der Waals surface area contributed by atoms with Gasteiger partial charge in [-0.3, -0.25) is 4.79 Å². The van der Waals surface area contributed by atoms with Gasteiger partial charge in [0.25, 0.3) is 5.91 Å². The molecule has 4 nitrogen and oxygen atoms in total. The number of nitrogens with two attached hydrogens (primary N) is 1. The van der Waals surface area contributed by atoms with E-state index in [1.807, 2.05) is 16.8 Å². The number of rotatable bonds is 4. The molecule has 0 aliphatic rings. The Bertz CT molecular complexity index is 619. The predicted molar refractivity (Wildman–Crippen MR) is 78.5 cm³/mol. The van der Waals surface area contributed by atoms with E-state index in [1.165, 1.54) is 0 Å². The smallest absolute Gasteiger partial charge is 0.250 e. The Kier molecular flexibility index (Phi) is 4.04. The minimum absolute atomic E-state index is 0.452. The number of hydrogen-bond acceptors (Lipinski definition) is 2. The monoisotopic (exact) mass is 321 g/mol. The lowest BCUT2D eigenvalue weighted by molar-refractivity contribution is 0.1000. The van der Waals surface area contributed by atoms with Crippen LogP contribution in [0, 0.1) is 0 Å². The molecule has 0 saturated heterocycles. The summed E-state index contributed by atoms with van der Waals surface area (Å²) in [4.78, 5) is 11.6. The minimum atomic E-state index is -0.452. The second kappa shape index (κ2) is 5.57. The van der Waals surface area contributed by atoms with Crippen molar-refractivity contribution in [2.75, 3.05) is 0 Å². The average Bonchev–Trinajstić information content (AvgIpc) is 2.81. The number of primary amides is 1. The molecule has 0 atom stereocenters. The number of hydrogen-bond donors (Lipinski definition) is 1. The Morgan fingerprint density at radius 3 is 2.63 bits per heavy atom. The number of aromatic nitrogens is 2. The zero-order valence-electron chi connectivity index (χ0n) is 11.0. The summed E-state index contributed by atoms with van der Waals surface area (Å²) < 4.78 is 2.64. The van der Waals surface area contributed by atoms with Crippen LogP contribution in [-0.2, 0) is 12.8 Å². The van der Waals surface area contributed by atoms with Crippen molar-refractivity contribution in [3.63, 3.8) is 0 Å². The van der Waals surface area contributed by atoms with Crippen molar-refractivity contribution in [2.45, 2.75) is 26.7 Å². The highest BCUT2D eigenvalue weighted by atomic mass is 79.9. The van der Waals surface area contributed by atoms with Crippen molar-refractivity contribution >= 4 is 21.8 Å². The number of amides is 1. The Hall–Kier alpha value is -1.62. The molecule has 5 heteroatoms. The van der Waals surface area contributed by atoms with Crippen LogP contribution < -0.4 is 5.73 Å². The van der Waals surface area contributed by atoms with Gasteiger partial charge in [-0.25, -0.2) is 4.68 Å². The fourth-order valence-corrected chi connectivity index (χ4v) is 2.36. The molecule has 1 heterocycles. The summed E-state index contributed by atoms with van der Waals surface area (Å²) in [6.45, 7) is 4.12. The van der Waals surface area contributed by atoms with Crippen molar-refractivity contribution in [3.05, 3.63) is 45.7 Å². The lowest BCUT2D eigenvalue weighted by Gasteiger charge is -2.10. The number of nitrogens with zero attached hydrogens (tertiary/aromatic N) is 2. The summed E-state index contributed by atoms with van der Waals surface area (Å²) >= 11 is 3.35. The zero-order valence-corrected chi connectivity index (χ0v) is 12.6. The van der Waals surface area contributed by atoms with Gasteiger partial charge in [0, 0.05) is 10.2 Å². The molecule has 0 saturated carbocycles. The van der Waals surface area contributed by atoms with Crippen LogP contribution in [0.15, 0.2) is 28.7 Å². The molecule has 1 aromatic carbocycles. The summed E-state index contributed by atoms with van der Waals surface area (Å²) in [5.74, 6) is -0.452. The number of carbonyl (C=O) groups excluding carboxylic acids is 1. The van der Waals surface area contributed by atoms with E-state index in [4.69, 9.17) is 5.73 Å². The van der Waals surface area contributed by atoms with Gasteiger partial charge in [0.2, 0.25) is 0 Å². The maximum atomic E-state index is 11.6. The van der Waals surface area contributed by atoms with E-state index >= 15 is 0 Å². The molecule has 0 fully saturated rings. The summed E-state index contributed by atoms with van der Waals surface area (Å²) in [6, 6.07) is 7.53. The highest BCUT2D eigenvalue weighted by molar-refractivity contribution is 9.10. The van der Waals surface area contributed by atoms with Crippen molar-refractivity contribution in [2.24, 2.45) is 5.73 Å². The van der Waals surface area contributed by atoms with E-state index in [9.17, 15) is 4.79 Å². The Morgan fingerprint density at radius 2 is 2.05 bits per heavy atom. The van der Waals surface area contributed by atoms with Crippen molar-refractivity contribution in [1.82, 2.24) is 9.78 Å². The third kappa shape index (κ3) is 2.71. The van der Waals surface area contributed by atoms with Crippen LogP contribution >= 0.6 is 15.9 Å². The standard InChI is InChI=1S/C14H16BrN3O/c1-3-10-8-11(4-2)18(17-10)13-6-5-9(15)7-12(13)14(16)19/h5-8H,3-4H2,1-2H3,(H2,16,19). The molecule has 100 valence electrons. The summed E-state index contributed by atoms with van der Waals surface area (Å²) in [6.07, 6.45) is 1.71. The first-order valence-electron chi connectivity index (χ1n) is 6.24. The highest BCUT2D eigenvalue weighted by Crippen LogP contribution is 2.22. The Balaban J connectivity index is 2.64. The Labute approximate surface area is 120 Å². The molecule has 0 bridgehead atoms. The fraction of sp³-hybridized carbons (Fsp3) is 0.286. The first kappa shape index (κ1) is 13.8. The second-order valence-electron chi connectivity index (χ2n) is 4.27. The van der Waals surface area contributed by atoms with E-state index in [1.54, 1.807) is 6.07 Å². The van der Waals surface area contributed by atoms with E-state index in [0.717, 1.165) is 34.4 Å². The van der Waals surface area contributed by atoms with E-state index in [0.29, 0.717) is 5.56 Å². The first-order chi connectivity index (χ1) is 9.06. The van der Waals surface area contributed by atoms with Crippen LogP contribution in [0.1, 0.15) is 35.6 Å². The number of aryl methyl sites for hydroxylation is 2. The number of halogens is 1. The van der Waals surface area contributed by atoms with Crippen LogP contribution in [-0.4, -0.2) is 15.7 Å². The largest absolute Gasteiger partial charge is 0.366 e. The average molecular weight is 322 g/mol. The van der Waals surface area contributed by atoms with Gasteiger partial charge < -0.3 is 5.73 Å². The number of benzene rings is 1. The van der Waals surface area contributed by atoms with Gasteiger partial charge in [0.1, 0.15) is 0 Å². The molecule has 0 unspecified atom stereocenters. The van der Waals surface area contributed by atoms with Crippen LogP contribution in [0.25, 0.3) is 5.69 Å². The van der Waals surface area contributed by atoms with E-state index < -0.39 is 5.91 Å². The molecule has 2 N–H and O–H groups in total. The topological polar surface area (TPSA) is 60.9 Å². The van der Waals surface area contributed by atoms with Crippen LogP contribution in [0.5, 0.6) is 0 Å². The van der Waals surface area contributed by atoms with Crippen LogP contribution in [0.3, 0.4) is 0 Å². The summed E-state index contributed by atoms with van der Waals surface area (Å²) in [5, 5.41) is 4.54. The predicted octanol–water partition coefficient (Wildman–Crippen LogP) is 2.86. The fourth-order valence-electron chi connectivity index (χ4n) is 2.00. The third-order valence-corrected chi connectivity index (χ3v) is 3.50. The van der Waals surface area contributed by atoms with Crippen LogP contribution in [0.4, 0.5) is 0 Å². The van der Waals surface area contributed by atoms with E-state index in [-0.39, 0.29) is 0 Å². The Morgan fingerprint density at radius 1 is 1.32 bits per heavy atom. The highest BCUT2D eigenvalue weighted by Gasteiger charge is 2.14. The SMILES string of the molecule is CCc1cc(CC)n(-c2ccc(Br)cc2C(N)=O)n1. The van der Waals surface area contributed by atoms with Crippen LogP contribution in [0.2, 0.25) is 0 Å². The quantitative estimate of drug-likeness (QED) is 0.941. The lowest BCUT2D eigenvalue weighted by Crippen LogP contribution is -2.16. The van der Waals surface area contributed by atoms with Gasteiger partial charge in [-0.05, 0) is 37.1 Å². The molecular weight excluding hydrogens is 306 g/mol. The van der Waals surface area contributed by atoms with E-state index in [2.05, 4.69) is 40.9 Å². The molecule has 0 aliphatic heterocycles. The molecule has 0 spiro atoms.